The number of halogens is 2. The van der Waals surface area contributed by atoms with Gasteiger partial charge in [0.05, 0.1) is 12.1 Å². The summed E-state index contributed by atoms with van der Waals surface area (Å²) in [6.45, 7) is 0. The number of nitriles is 2. The summed E-state index contributed by atoms with van der Waals surface area (Å²) >= 11 is 5.69. The number of allylic oxidation sites excluding steroid dienone is 1. The Morgan fingerprint density at radius 1 is 1.44 bits per heavy atom. The second kappa shape index (κ2) is 5.16. The van der Waals surface area contributed by atoms with Gasteiger partial charge in [-0.1, -0.05) is 17.7 Å². The summed E-state index contributed by atoms with van der Waals surface area (Å²) in [5.41, 5.74) is -0.109. The maximum atomic E-state index is 13.7. The van der Waals surface area contributed by atoms with Gasteiger partial charge in [0.2, 0.25) is 0 Å². The second-order valence-electron chi connectivity index (χ2n) is 2.77. The first-order valence-corrected chi connectivity index (χ1v) is 4.55. The highest BCUT2D eigenvalue weighted by Crippen LogP contribution is 2.30. The third kappa shape index (κ3) is 2.31. The Kier molecular flexibility index (Phi) is 3.88. The van der Waals surface area contributed by atoms with Crippen LogP contribution in [0.3, 0.4) is 0 Å². The number of hydrogen-bond donors (Lipinski definition) is 0. The molecule has 0 spiro atoms. The normalized spacial score (nSPS) is 8.81. The zero-order valence-corrected chi connectivity index (χ0v) is 9.05. The van der Waals surface area contributed by atoms with E-state index >= 15 is 0 Å². The number of benzene rings is 1. The van der Waals surface area contributed by atoms with Crippen molar-refractivity contribution in [2.75, 3.05) is 7.11 Å². The third-order valence-electron chi connectivity index (χ3n) is 1.82. The molecule has 0 atom stereocenters. The van der Waals surface area contributed by atoms with Crippen molar-refractivity contribution in [1.82, 2.24) is 0 Å². The SMILES string of the molecule is COc1c(Cl)ccc(C=C(C#N)C#N)c1F. The standard InChI is InChI=1S/C11H6ClFN2O/c1-16-11-9(12)3-2-8(10(11)13)4-7(5-14)6-15/h2-4H,1H3. The molecule has 1 aromatic carbocycles. The first-order valence-electron chi connectivity index (χ1n) is 4.18. The van der Waals surface area contributed by atoms with Crippen molar-refractivity contribution < 1.29 is 9.13 Å². The first-order chi connectivity index (χ1) is 7.63. The quantitative estimate of drug-likeness (QED) is 0.742. The fraction of sp³-hybridized carbons (Fsp3) is 0.0909. The van der Waals surface area contributed by atoms with Crippen molar-refractivity contribution in [3.63, 3.8) is 0 Å². The molecule has 1 aromatic rings. The van der Waals surface area contributed by atoms with E-state index in [0.29, 0.717) is 0 Å². The molecular weight excluding hydrogens is 231 g/mol. The largest absolute Gasteiger partial charge is 0.492 e. The Morgan fingerprint density at radius 2 is 2.06 bits per heavy atom. The maximum Gasteiger partial charge on any atom is 0.173 e. The van der Waals surface area contributed by atoms with Crippen LogP contribution in [0.25, 0.3) is 6.08 Å². The molecule has 0 heterocycles. The predicted molar refractivity (Wildman–Crippen MR) is 57.2 cm³/mol. The van der Waals surface area contributed by atoms with E-state index in [1.807, 2.05) is 0 Å². The minimum absolute atomic E-state index is 0.0827. The van der Waals surface area contributed by atoms with Gasteiger partial charge in [-0.2, -0.15) is 10.5 Å². The average Bonchev–Trinajstić information content (AvgIpc) is 2.29. The molecule has 0 aliphatic heterocycles. The number of ether oxygens (including phenoxy) is 1. The molecule has 80 valence electrons. The summed E-state index contributed by atoms with van der Waals surface area (Å²) in [7, 11) is 1.29. The first kappa shape index (κ1) is 12.0. The van der Waals surface area contributed by atoms with Crippen LogP contribution in [0.5, 0.6) is 5.75 Å². The summed E-state index contributed by atoms with van der Waals surface area (Å²) in [5.74, 6) is -0.802. The Morgan fingerprint density at radius 3 is 2.56 bits per heavy atom. The molecule has 3 nitrogen and oxygen atoms in total. The molecule has 0 N–H and O–H groups in total. The van der Waals surface area contributed by atoms with Gasteiger partial charge in [-0.3, -0.25) is 0 Å². The van der Waals surface area contributed by atoms with E-state index in [-0.39, 0.29) is 21.9 Å². The number of rotatable bonds is 2. The molecule has 0 saturated carbocycles. The number of methoxy groups -OCH3 is 1. The summed E-state index contributed by atoms with van der Waals surface area (Å²) in [5, 5.41) is 17.2. The van der Waals surface area contributed by atoms with Gasteiger partial charge < -0.3 is 4.74 Å². The molecule has 0 aliphatic carbocycles. The van der Waals surface area contributed by atoms with E-state index in [2.05, 4.69) is 0 Å². The van der Waals surface area contributed by atoms with Crippen LogP contribution in [0.4, 0.5) is 4.39 Å². The van der Waals surface area contributed by atoms with Crippen LogP contribution >= 0.6 is 11.6 Å². The molecule has 0 aromatic heterocycles. The monoisotopic (exact) mass is 236 g/mol. The molecule has 0 fully saturated rings. The van der Waals surface area contributed by atoms with Gasteiger partial charge in [0.15, 0.2) is 11.6 Å². The Labute approximate surface area is 96.9 Å². The van der Waals surface area contributed by atoms with Gasteiger partial charge in [0.25, 0.3) is 0 Å². The van der Waals surface area contributed by atoms with E-state index in [1.54, 1.807) is 12.1 Å². The smallest absolute Gasteiger partial charge is 0.173 e. The molecule has 0 saturated heterocycles. The van der Waals surface area contributed by atoms with Gasteiger partial charge in [-0.15, -0.1) is 0 Å². The second-order valence-corrected chi connectivity index (χ2v) is 3.17. The summed E-state index contributed by atoms with van der Waals surface area (Å²) in [4.78, 5) is 0. The van der Waals surface area contributed by atoms with Crippen LogP contribution in [0, 0.1) is 28.5 Å². The molecule has 0 amide bonds. The topological polar surface area (TPSA) is 56.8 Å². The summed E-state index contributed by atoms with van der Waals surface area (Å²) in [6, 6.07) is 6.08. The molecule has 1 rings (SSSR count). The predicted octanol–water partition coefficient (Wildman–Crippen LogP) is 2.92. The van der Waals surface area contributed by atoms with Crippen molar-refractivity contribution >= 4 is 17.7 Å². The molecule has 0 bridgehead atoms. The van der Waals surface area contributed by atoms with Crippen molar-refractivity contribution in [2.24, 2.45) is 0 Å². The Bertz CT molecular complexity index is 510. The fourth-order valence-corrected chi connectivity index (χ4v) is 1.31. The van der Waals surface area contributed by atoms with E-state index in [0.717, 1.165) is 6.08 Å². The van der Waals surface area contributed by atoms with Crippen LogP contribution in [-0.4, -0.2) is 7.11 Å². The fourth-order valence-electron chi connectivity index (χ4n) is 1.09. The average molecular weight is 237 g/mol. The molecule has 0 radical (unpaired) electrons. The lowest BCUT2D eigenvalue weighted by atomic mass is 10.1. The van der Waals surface area contributed by atoms with Crippen LogP contribution in [0.1, 0.15) is 5.56 Å². The minimum Gasteiger partial charge on any atom is -0.492 e. The number of hydrogen-bond acceptors (Lipinski definition) is 3. The van der Waals surface area contributed by atoms with Crippen molar-refractivity contribution in [3.8, 4) is 17.9 Å². The van der Waals surface area contributed by atoms with E-state index in [4.69, 9.17) is 26.9 Å². The lowest BCUT2D eigenvalue weighted by Crippen LogP contribution is -1.92. The molecule has 0 unspecified atom stereocenters. The molecule has 0 aliphatic rings. The van der Waals surface area contributed by atoms with Gasteiger partial charge in [-0.05, 0) is 12.1 Å². The van der Waals surface area contributed by atoms with E-state index in [1.165, 1.54) is 19.2 Å². The number of nitrogens with zero attached hydrogens (tertiary/aromatic N) is 2. The van der Waals surface area contributed by atoms with Crippen LogP contribution in [-0.2, 0) is 0 Å². The minimum atomic E-state index is -0.696. The van der Waals surface area contributed by atoms with Gasteiger partial charge in [0, 0.05) is 5.56 Å². The van der Waals surface area contributed by atoms with Crippen LogP contribution in [0.2, 0.25) is 5.02 Å². The van der Waals surface area contributed by atoms with Crippen LogP contribution in [0.15, 0.2) is 17.7 Å². The molecule has 5 heteroatoms. The lowest BCUT2D eigenvalue weighted by Gasteiger charge is -2.06. The Balaban J connectivity index is 3.35. The van der Waals surface area contributed by atoms with E-state index in [9.17, 15) is 4.39 Å². The van der Waals surface area contributed by atoms with Crippen LogP contribution < -0.4 is 4.74 Å². The zero-order chi connectivity index (χ0) is 12.1. The summed E-state index contributed by atoms with van der Waals surface area (Å²) in [6.07, 6.45) is 1.13. The van der Waals surface area contributed by atoms with Crippen molar-refractivity contribution in [1.29, 1.82) is 10.5 Å². The highest BCUT2D eigenvalue weighted by atomic mass is 35.5. The highest BCUT2D eigenvalue weighted by molar-refractivity contribution is 6.32. The highest BCUT2D eigenvalue weighted by Gasteiger charge is 2.11. The molecule has 16 heavy (non-hydrogen) atoms. The van der Waals surface area contributed by atoms with E-state index < -0.39 is 5.82 Å². The zero-order valence-electron chi connectivity index (χ0n) is 8.29. The van der Waals surface area contributed by atoms with Gasteiger partial charge in [-0.25, -0.2) is 4.39 Å². The third-order valence-corrected chi connectivity index (χ3v) is 2.12. The Hall–Kier alpha value is -2.04. The molecular formula is C11H6ClFN2O. The maximum absolute atomic E-state index is 13.7. The van der Waals surface area contributed by atoms with Crippen molar-refractivity contribution in [2.45, 2.75) is 0 Å². The van der Waals surface area contributed by atoms with Gasteiger partial charge >= 0.3 is 0 Å². The summed E-state index contributed by atoms with van der Waals surface area (Å²) < 4.78 is 18.5. The van der Waals surface area contributed by atoms with Gasteiger partial charge in [0.1, 0.15) is 17.7 Å². The van der Waals surface area contributed by atoms with Crippen molar-refractivity contribution in [3.05, 3.63) is 34.1 Å². The lowest BCUT2D eigenvalue weighted by molar-refractivity contribution is 0.386.